The van der Waals surface area contributed by atoms with Gasteiger partial charge in [-0.25, -0.2) is 15.2 Å². The van der Waals surface area contributed by atoms with Crippen LogP contribution in [0.1, 0.15) is 11.4 Å². The number of pyridine rings is 1. The van der Waals surface area contributed by atoms with Crippen LogP contribution in [0.5, 0.6) is 0 Å². The minimum atomic E-state index is -0.528. The quantitative estimate of drug-likeness (QED) is 0.797. The second kappa shape index (κ2) is 3.58. The molecule has 0 bridgehead atoms. The number of hydrogen-bond donors (Lipinski definition) is 1. The zero-order valence-corrected chi connectivity index (χ0v) is 9.17. The Morgan fingerprint density at radius 3 is 3.12 bits per heavy atom. The molecule has 17 heavy (non-hydrogen) atoms. The summed E-state index contributed by atoms with van der Waals surface area (Å²) in [5.41, 5.74) is 5.53. The van der Waals surface area contributed by atoms with Gasteiger partial charge in [0.2, 0.25) is 0 Å². The number of carbonyl (C=O) groups is 1. The second-order valence-electron chi connectivity index (χ2n) is 3.72. The van der Waals surface area contributed by atoms with E-state index in [1.807, 2.05) is 35.7 Å². The first-order valence-electron chi connectivity index (χ1n) is 5.19. The number of hydrogen-bond acceptors (Lipinski definition) is 4. The first-order chi connectivity index (χ1) is 8.25. The summed E-state index contributed by atoms with van der Waals surface area (Å²) in [5.74, 6) is 0. The highest BCUT2D eigenvalue weighted by Gasteiger charge is 2.19. The first kappa shape index (κ1) is 9.83. The number of nitrogens with one attached hydrogen (secondary N) is 1. The van der Waals surface area contributed by atoms with Crippen molar-refractivity contribution >= 4 is 17.5 Å². The maximum absolute atomic E-state index is 10.9. The number of hydrazone groups is 1. The highest BCUT2D eigenvalue weighted by molar-refractivity contribution is 6.03. The number of fused-ring (bicyclic) bond motifs is 1. The molecular formula is C11H10N4O2. The van der Waals surface area contributed by atoms with Gasteiger partial charge in [0, 0.05) is 6.20 Å². The number of ether oxygens (including phenoxy) is 1. The van der Waals surface area contributed by atoms with Gasteiger partial charge in [0.15, 0.2) is 0 Å². The summed E-state index contributed by atoms with van der Waals surface area (Å²) in [6.07, 6.45) is 1.38. The topological polar surface area (TPSA) is 68.0 Å². The zero-order chi connectivity index (χ0) is 11.8. The van der Waals surface area contributed by atoms with Crippen molar-refractivity contribution < 1.29 is 9.53 Å². The van der Waals surface area contributed by atoms with E-state index < -0.39 is 6.09 Å². The molecule has 0 saturated carbocycles. The summed E-state index contributed by atoms with van der Waals surface area (Å²) in [4.78, 5) is 15.3. The molecule has 0 spiro atoms. The van der Waals surface area contributed by atoms with Crippen LogP contribution in [0.15, 0.2) is 29.5 Å². The van der Waals surface area contributed by atoms with E-state index in [9.17, 15) is 4.79 Å². The summed E-state index contributed by atoms with van der Waals surface area (Å²) in [6, 6.07) is 5.76. The number of aryl methyl sites for hydroxylation is 1. The van der Waals surface area contributed by atoms with E-state index in [1.54, 1.807) is 0 Å². The molecule has 3 rings (SSSR count). The molecule has 6 heteroatoms. The van der Waals surface area contributed by atoms with Crippen LogP contribution in [-0.2, 0) is 4.74 Å². The van der Waals surface area contributed by atoms with E-state index >= 15 is 0 Å². The number of cyclic esters (lactones) is 1. The fraction of sp³-hybridized carbons (Fsp3) is 0.182. The summed E-state index contributed by atoms with van der Waals surface area (Å²) in [7, 11) is 0. The molecule has 1 amide bonds. The lowest BCUT2D eigenvalue weighted by atomic mass is 10.2. The van der Waals surface area contributed by atoms with E-state index in [1.165, 1.54) is 0 Å². The Morgan fingerprint density at radius 2 is 2.35 bits per heavy atom. The molecule has 1 aliphatic rings. The average molecular weight is 230 g/mol. The van der Waals surface area contributed by atoms with Crippen LogP contribution in [-0.4, -0.2) is 27.8 Å². The van der Waals surface area contributed by atoms with Gasteiger partial charge >= 0.3 is 6.09 Å². The van der Waals surface area contributed by atoms with Crippen LogP contribution >= 0.6 is 0 Å². The molecule has 1 aliphatic heterocycles. The molecule has 2 aromatic heterocycles. The third kappa shape index (κ3) is 1.54. The first-order valence-corrected chi connectivity index (χ1v) is 5.19. The minimum absolute atomic E-state index is 0.162. The van der Waals surface area contributed by atoms with Gasteiger partial charge in [-0.2, -0.15) is 5.10 Å². The van der Waals surface area contributed by atoms with Crippen molar-refractivity contribution in [2.24, 2.45) is 5.10 Å². The van der Waals surface area contributed by atoms with E-state index in [0.717, 1.165) is 17.0 Å². The van der Waals surface area contributed by atoms with Crippen LogP contribution in [0.4, 0.5) is 4.79 Å². The Kier molecular flexibility index (Phi) is 2.07. The molecule has 0 radical (unpaired) electrons. The van der Waals surface area contributed by atoms with Crippen LogP contribution in [0.2, 0.25) is 0 Å². The van der Waals surface area contributed by atoms with Crippen molar-refractivity contribution in [2.75, 3.05) is 6.61 Å². The fourth-order valence-corrected chi connectivity index (χ4v) is 1.89. The smallest absolute Gasteiger partial charge is 0.428 e. The standard InChI is InChI=1S/C11H10N4O2/c1-7-10(8-6-17-11(16)14-13-8)15-5-3-2-4-9(15)12-7/h2-5H,6H2,1H3,(H,14,16). The molecule has 1 N–H and O–H groups in total. The number of nitrogens with zero attached hydrogens (tertiary/aromatic N) is 3. The van der Waals surface area contributed by atoms with Crippen LogP contribution in [0, 0.1) is 6.92 Å². The van der Waals surface area contributed by atoms with Crippen LogP contribution < -0.4 is 5.43 Å². The number of imidazole rings is 1. The fourth-order valence-electron chi connectivity index (χ4n) is 1.89. The van der Waals surface area contributed by atoms with E-state index in [0.29, 0.717) is 5.71 Å². The minimum Gasteiger partial charge on any atom is -0.442 e. The van der Waals surface area contributed by atoms with E-state index in [4.69, 9.17) is 4.74 Å². The third-order valence-electron chi connectivity index (χ3n) is 2.60. The maximum atomic E-state index is 10.9. The Hall–Kier alpha value is -2.37. The highest BCUT2D eigenvalue weighted by atomic mass is 16.6. The van der Waals surface area contributed by atoms with Crippen molar-refractivity contribution in [3.05, 3.63) is 35.8 Å². The van der Waals surface area contributed by atoms with Gasteiger partial charge in [0.05, 0.1) is 11.4 Å². The Morgan fingerprint density at radius 1 is 1.47 bits per heavy atom. The highest BCUT2D eigenvalue weighted by Crippen LogP contribution is 2.14. The summed E-state index contributed by atoms with van der Waals surface area (Å²) >= 11 is 0. The second-order valence-corrected chi connectivity index (χ2v) is 3.72. The lowest BCUT2D eigenvalue weighted by Crippen LogP contribution is -2.31. The van der Waals surface area contributed by atoms with Crippen LogP contribution in [0.3, 0.4) is 0 Å². The van der Waals surface area contributed by atoms with Gasteiger partial charge in [-0.3, -0.25) is 4.40 Å². The molecule has 0 fully saturated rings. The normalized spacial score (nSPS) is 15.4. The summed E-state index contributed by atoms with van der Waals surface area (Å²) in [5, 5.41) is 4.00. The summed E-state index contributed by atoms with van der Waals surface area (Å²) < 4.78 is 6.82. The van der Waals surface area contributed by atoms with Crippen molar-refractivity contribution in [2.45, 2.75) is 6.92 Å². The number of rotatable bonds is 1. The molecule has 0 aliphatic carbocycles. The van der Waals surface area contributed by atoms with Gasteiger partial charge < -0.3 is 4.74 Å². The van der Waals surface area contributed by atoms with Crippen molar-refractivity contribution in [1.29, 1.82) is 0 Å². The molecular weight excluding hydrogens is 220 g/mol. The van der Waals surface area contributed by atoms with Gasteiger partial charge in [-0.1, -0.05) is 6.07 Å². The van der Waals surface area contributed by atoms with Gasteiger partial charge in [-0.15, -0.1) is 0 Å². The SMILES string of the molecule is Cc1nc2ccccn2c1C1=NNC(=O)OC1. The molecule has 0 saturated heterocycles. The van der Waals surface area contributed by atoms with Crippen molar-refractivity contribution in [3.63, 3.8) is 0 Å². The van der Waals surface area contributed by atoms with E-state index in [2.05, 4.69) is 15.5 Å². The van der Waals surface area contributed by atoms with Crippen molar-refractivity contribution in [3.8, 4) is 0 Å². The Bertz CT molecular complexity index is 629. The predicted molar refractivity (Wildman–Crippen MR) is 60.9 cm³/mol. The van der Waals surface area contributed by atoms with Crippen LogP contribution in [0.25, 0.3) is 5.65 Å². The van der Waals surface area contributed by atoms with Crippen molar-refractivity contribution in [1.82, 2.24) is 14.8 Å². The molecule has 2 aromatic rings. The molecule has 6 nitrogen and oxygen atoms in total. The number of aromatic nitrogens is 2. The van der Waals surface area contributed by atoms with E-state index in [-0.39, 0.29) is 6.61 Å². The molecule has 0 atom stereocenters. The maximum Gasteiger partial charge on any atom is 0.428 e. The molecule has 3 heterocycles. The largest absolute Gasteiger partial charge is 0.442 e. The zero-order valence-electron chi connectivity index (χ0n) is 9.17. The molecule has 0 aromatic carbocycles. The summed E-state index contributed by atoms with van der Waals surface area (Å²) in [6.45, 7) is 2.07. The van der Waals surface area contributed by atoms with Gasteiger partial charge in [-0.05, 0) is 19.1 Å². The lowest BCUT2D eigenvalue weighted by molar-refractivity contribution is 0.157. The number of carbonyl (C=O) groups excluding carboxylic acids is 1. The average Bonchev–Trinajstić information content (AvgIpc) is 2.66. The monoisotopic (exact) mass is 230 g/mol. The third-order valence-corrected chi connectivity index (χ3v) is 2.60. The van der Waals surface area contributed by atoms with Gasteiger partial charge in [0.25, 0.3) is 0 Å². The Labute approximate surface area is 96.9 Å². The lowest BCUT2D eigenvalue weighted by Gasteiger charge is -2.13. The number of amides is 1. The predicted octanol–water partition coefficient (Wildman–Crippen LogP) is 1.09. The molecule has 0 unspecified atom stereocenters. The van der Waals surface area contributed by atoms with Gasteiger partial charge in [0.1, 0.15) is 18.0 Å². The molecule has 86 valence electrons. The Balaban J connectivity index is 2.17.